The molecule has 1 atom stereocenters. The highest BCUT2D eigenvalue weighted by Crippen LogP contribution is 2.28. The molecule has 5 nitrogen and oxygen atoms in total. The van der Waals surface area contributed by atoms with E-state index in [1.807, 2.05) is 0 Å². The van der Waals surface area contributed by atoms with Crippen LogP contribution in [-0.4, -0.2) is 37.8 Å². The minimum atomic E-state index is -3.54. The average molecular weight is 330 g/mol. The molecule has 0 unspecified atom stereocenters. The van der Waals surface area contributed by atoms with Crippen LogP contribution in [0.3, 0.4) is 0 Å². The molecular formula is C14H22N2O3S2. The summed E-state index contributed by atoms with van der Waals surface area (Å²) in [7, 11) is -3.54. The summed E-state index contributed by atoms with van der Waals surface area (Å²) in [5, 5.41) is 4.60. The summed E-state index contributed by atoms with van der Waals surface area (Å²) in [6.45, 7) is 5.20. The predicted octanol–water partition coefficient (Wildman–Crippen LogP) is 2.06. The molecule has 1 aliphatic heterocycles. The number of nitrogens with zero attached hydrogens (tertiary/aromatic N) is 1. The number of sulfonamides is 1. The molecule has 2 heterocycles. The Labute approximate surface area is 130 Å². The molecule has 1 amide bonds. The van der Waals surface area contributed by atoms with Crippen LogP contribution in [0.4, 0.5) is 0 Å². The SMILES string of the molecule is CC(C)CCNC(=O)[C@@H]1CCCN1S(=O)(=O)c1cccs1. The van der Waals surface area contributed by atoms with Crippen LogP contribution in [-0.2, 0) is 14.8 Å². The Bertz CT molecular complexity index is 567. The van der Waals surface area contributed by atoms with Crippen molar-refractivity contribution < 1.29 is 13.2 Å². The number of hydrogen-bond acceptors (Lipinski definition) is 4. The highest BCUT2D eigenvalue weighted by Gasteiger charge is 2.39. The van der Waals surface area contributed by atoms with Crippen molar-refractivity contribution in [1.82, 2.24) is 9.62 Å². The highest BCUT2D eigenvalue weighted by atomic mass is 32.2. The van der Waals surface area contributed by atoms with Crippen LogP contribution in [0.25, 0.3) is 0 Å². The molecule has 0 aliphatic carbocycles. The van der Waals surface area contributed by atoms with E-state index < -0.39 is 16.1 Å². The maximum Gasteiger partial charge on any atom is 0.253 e. The molecule has 1 fully saturated rings. The van der Waals surface area contributed by atoms with Crippen LogP contribution >= 0.6 is 11.3 Å². The van der Waals surface area contributed by atoms with Crippen molar-refractivity contribution in [2.45, 2.75) is 43.4 Å². The van der Waals surface area contributed by atoms with Crippen molar-refractivity contribution in [3.05, 3.63) is 17.5 Å². The topological polar surface area (TPSA) is 66.5 Å². The third-order valence-electron chi connectivity index (χ3n) is 3.59. The Kier molecular flexibility index (Phi) is 5.40. The van der Waals surface area contributed by atoms with Crippen LogP contribution in [0, 0.1) is 5.92 Å². The van der Waals surface area contributed by atoms with Crippen molar-refractivity contribution in [2.75, 3.05) is 13.1 Å². The van der Waals surface area contributed by atoms with Crippen molar-refractivity contribution in [1.29, 1.82) is 0 Å². The molecule has 0 aromatic carbocycles. The first-order chi connectivity index (χ1) is 9.93. The van der Waals surface area contributed by atoms with E-state index in [4.69, 9.17) is 0 Å². The maximum absolute atomic E-state index is 12.5. The fourth-order valence-corrected chi connectivity index (χ4v) is 5.19. The quantitative estimate of drug-likeness (QED) is 0.868. The minimum Gasteiger partial charge on any atom is -0.355 e. The van der Waals surface area contributed by atoms with Gasteiger partial charge in [0.2, 0.25) is 5.91 Å². The van der Waals surface area contributed by atoms with Crippen LogP contribution < -0.4 is 5.32 Å². The molecule has 0 radical (unpaired) electrons. The monoisotopic (exact) mass is 330 g/mol. The highest BCUT2D eigenvalue weighted by molar-refractivity contribution is 7.91. The van der Waals surface area contributed by atoms with Gasteiger partial charge in [-0.15, -0.1) is 11.3 Å². The van der Waals surface area contributed by atoms with Gasteiger partial charge in [0.25, 0.3) is 10.0 Å². The standard InChI is InChI=1S/C14H22N2O3S2/c1-11(2)7-8-15-14(17)12-5-3-9-16(12)21(18,19)13-6-4-10-20-13/h4,6,10-12H,3,5,7-9H2,1-2H3,(H,15,17)/t12-/m0/s1. The van der Waals surface area contributed by atoms with Gasteiger partial charge >= 0.3 is 0 Å². The van der Waals surface area contributed by atoms with Crippen LogP contribution in [0.5, 0.6) is 0 Å². The largest absolute Gasteiger partial charge is 0.355 e. The van der Waals surface area contributed by atoms with Gasteiger partial charge in [0, 0.05) is 13.1 Å². The molecule has 1 N–H and O–H groups in total. The lowest BCUT2D eigenvalue weighted by Crippen LogP contribution is -2.46. The van der Waals surface area contributed by atoms with Gasteiger partial charge < -0.3 is 5.32 Å². The number of carbonyl (C=O) groups is 1. The Morgan fingerprint density at radius 2 is 2.29 bits per heavy atom. The molecule has 0 spiro atoms. The molecular weight excluding hydrogens is 308 g/mol. The molecule has 7 heteroatoms. The van der Waals surface area contributed by atoms with Crippen LogP contribution in [0.1, 0.15) is 33.1 Å². The molecule has 1 aliphatic rings. The van der Waals surface area contributed by atoms with E-state index in [1.54, 1.807) is 17.5 Å². The second-order valence-corrected chi connectivity index (χ2v) is 8.74. The van der Waals surface area contributed by atoms with Crippen molar-refractivity contribution >= 4 is 27.3 Å². The maximum atomic E-state index is 12.5. The summed E-state index contributed by atoms with van der Waals surface area (Å²) in [5.74, 6) is 0.341. The van der Waals surface area contributed by atoms with Crippen LogP contribution in [0.15, 0.2) is 21.7 Å². The lowest BCUT2D eigenvalue weighted by atomic mass is 10.1. The smallest absolute Gasteiger partial charge is 0.253 e. The van der Waals surface area contributed by atoms with E-state index in [0.29, 0.717) is 29.6 Å². The predicted molar refractivity (Wildman–Crippen MR) is 83.7 cm³/mol. The molecule has 118 valence electrons. The van der Waals surface area contributed by atoms with E-state index >= 15 is 0 Å². The molecule has 2 rings (SSSR count). The zero-order valence-corrected chi connectivity index (χ0v) is 14.0. The Morgan fingerprint density at radius 1 is 1.52 bits per heavy atom. The van der Waals surface area contributed by atoms with Crippen molar-refractivity contribution in [3.8, 4) is 0 Å². The lowest BCUT2D eigenvalue weighted by molar-refractivity contribution is -0.124. The van der Waals surface area contributed by atoms with Gasteiger partial charge in [-0.1, -0.05) is 19.9 Å². The first kappa shape index (κ1) is 16.5. The Morgan fingerprint density at radius 3 is 2.90 bits per heavy atom. The summed E-state index contributed by atoms with van der Waals surface area (Å²) in [6.07, 6.45) is 2.22. The number of carbonyl (C=O) groups excluding carboxylic acids is 1. The summed E-state index contributed by atoms with van der Waals surface area (Å²) < 4.78 is 26.8. The van der Waals surface area contributed by atoms with Gasteiger partial charge in [-0.3, -0.25) is 4.79 Å². The molecule has 21 heavy (non-hydrogen) atoms. The molecule has 0 saturated carbocycles. The van der Waals surface area contributed by atoms with Gasteiger partial charge in [-0.25, -0.2) is 8.42 Å². The lowest BCUT2D eigenvalue weighted by Gasteiger charge is -2.22. The van der Waals surface area contributed by atoms with Crippen molar-refractivity contribution in [3.63, 3.8) is 0 Å². The molecule has 1 saturated heterocycles. The third-order valence-corrected chi connectivity index (χ3v) is 6.87. The molecule has 1 aromatic heterocycles. The number of amides is 1. The van der Waals surface area contributed by atoms with E-state index in [2.05, 4.69) is 19.2 Å². The first-order valence-corrected chi connectivity index (χ1v) is 9.58. The van der Waals surface area contributed by atoms with Crippen LogP contribution in [0.2, 0.25) is 0 Å². The van der Waals surface area contributed by atoms with Gasteiger partial charge in [-0.2, -0.15) is 4.31 Å². The summed E-state index contributed by atoms with van der Waals surface area (Å²) in [6, 6.07) is 2.74. The fraction of sp³-hybridized carbons (Fsp3) is 0.643. The number of rotatable bonds is 6. The van der Waals surface area contributed by atoms with E-state index in [-0.39, 0.29) is 5.91 Å². The summed E-state index contributed by atoms with van der Waals surface area (Å²) in [5.41, 5.74) is 0. The summed E-state index contributed by atoms with van der Waals surface area (Å²) in [4.78, 5) is 12.2. The van der Waals surface area contributed by atoms with Gasteiger partial charge in [0.1, 0.15) is 10.3 Å². The van der Waals surface area contributed by atoms with Gasteiger partial charge in [0.15, 0.2) is 0 Å². The van der Waals surface area contributed by atoms with Gasteiger partial charge in [0.05, 0.1) is 0 Å². The minimum absolute atomic E-state index is 0.173. The van der Waals surface area contributed by atoms with Crippen molar-refractivity contribution in [2.24, 2.45) is 5.92 Å². The normalized spacial score (nSPS) is 20.0. The molecule has 1 aromatic rings. The first-order valence-electron chi connectivity index (χ1n) is 7.26. The van der Waals surface area contributed by atoms with Gasteiger partial charge in [-0.05, 0) is 36.6 Å². The Hall–Kier alpha value is -0.920. The van der Waals surface area contributed by atoms with E-state index in [0.717, 1.165) is 12.8 Å². The molecule has 0 bridgehead atoms. The number of nitrogens with one attached hydrogen (secondary N) is 1. The second kappa shape index (κ2) is 6.89. The van der Waals surface area contributed by atoms with E-state index in [1.165, 1.54) is 15.6 Å². The number of hydrogen-bond donors (Lipinski definition) is 1. The number of thiophene rings is 1. The second-order valence-electron chi connectivity index (χ2n) is 5.68. The zero-order chi connectivity index (χ0) is 15.5. The average Bonchev–Trinajstić information content (AvgIpc) is 3.10. The Balaban J connectivity index is 2.05. The third kappa shape index (κ3) is 3.84. The zero-order valence-electron chi connectivity index (χ0n) is 12.4. The fourth-order valence-electron chi connectivity index (χ4n) is 2.42. The van der Waals surface area contributed by atoms with E-state index in [9.17, 15) is 13.2 Å². The summed E-state index contributed by atoms with van der Waals surface area (Å²) >= 11 is 1.19.